The number of aryl methyl sites for hydroxylation is 1. The van der Waals surface area contributed by atoms with Crippen molar-refractivity contribution in [2.24, 2.45) is 0 Å². The molecule has 0 aliphatic carbocycles. The fraction of sp³-hybridized carbons (Fsp3) is 0.167. The third kappa shape index (κ3) is 3.03. The lowest BCUT2D eigenvalue weighted by molar-refractivity contribution is 0.0945. The summed E-state index contributed by atoms with van der Waals surface area (Å²) < 4.78 is 1.30. The molecule has 0 radical (unpaired) electrons. The number of benzene rings is 2. The number of carbonyl (C=O) groups excluding carboxylic acids is 1. The summed E-state index contributed by atoms with van der Waals surface area (Å²) in [6.45, 7) is 2.50. The number of hydrogen-bond donors (Lipinski definition) is 1. The Morgan fingerprint density at radius 2 is 1.79 bits per heavy atom. The van der Waals surface area contributed by atoms with Gasteiger partial charge in [-0.25, -0.2) is 4.68 Å². The van der Waals surface area contributed by atoms with E-state index in [2.05, 4.69) is 10.4 Å². The molecule has 3 rings (SSSR count). The molecule has 1 amide bonds. The van der Waals surface area contributed by atoms with Crippen molar-refractivity contribution in [2.75, 3.05) is 0 Å². The molecule has 0 saturated heterocycles. The second-order valence-corrected chi connectivity index (χ2v) is 5.70. The Bertz CT molecular complexity index is 966. The molecule has 0 spiro atoms. The highest BCUT2D eigenvalue weighted by molar-refractivity contribution is 6.31. The van der Waals surface area contributed by atoms with Crippen LogP contribution in [0.25, 0.3) is 10.8 Å². The maximum Gasteiger partial charge on any atom is 0.274 e. The number of nitrogens with one attached hydrogen (secondary N) is 1. The maximum absolute atomic E-state index is 12.6. The fourth-order valence-electron chi connectivity index (χ4n) is 2.52. The SMILES string of the molecule is CCn1nc(C(=O)NCc2ccccc2Cl)c2ccccc2c1=O. The van der Waals surface area contributed by atoms with E-state index in [4.69, 9.17) is 11.6 Å². The number of fused-ring (bicyclic) bond motifs is 1. The number of carbonyl (C=O) groups is 1. The van der Waals surface area contributed by atoms with Crippen LogP contribution < -0.4 is 10.9 Å². The lowest BCUT2D eigenvalue weighted by Gasteiger charge is -2.10. The molecule has 1 N–H and O–H groups in total. The van der Waals surface area contributed by atoms with Crippen molar-refractivity contribution >= 4 is 28.3 Å². The highest BCUT2D eigenvalue weighted by Gasteiger charge is 2.16. The van der Waals surface area contributed by atoms with Gasteiger partial charge in [0.2, 0.25) is 0 Å². The van der Waals surface area contributed by atoms with E-state index in [0.717, 1.165) is 5.56 Å². The molecule has 3 aromatic rings. The highest BCUT2D eigenvalue weighted by Crippen LogP contribution is 2.16. The Morgan fingerprint density at radius 3 is 2.50 bits per heavy atom. The van der Waals surface area contributed by atoms with Crippen LogP contribution in [0.5, 0.6) is 0 Å². The van der Waals surface area contributed by atoms with Gasteiger partial charge in [-0.05, 0) is 24.6 Å². The first-order valence-corrected chi connectivity index (χ1v) is 8.01. The quantitative estimate of drug-likeness (QED) is 0.793. The zero-order chi connectivity index (χ0) is 17.1. The Kier molecular flexibility index (Phi) is 4.62. The maximum atomic E-state index is 12.6. The van der Waals surface area contributed by atoms with Crippen LogP contribution in [0, 0.1) is 0 Å². The monoisotopic (exact) mass is 341 g/mol. The first-order valence-electron chi connectivity index (χ1n) is 7.63. The van der Waals surface area contributed by atoms with Gasteiger partial charge in [0.1, 0.15) is 0 Å². The Labute approximate surface area is 143 Å². The molecule has 0 aliphatic heterocycles. The number of nitrogens with zero attached hydrogens (tertiary/aromatic N) is 2. The molecule has 6 heteroatoms. The molecule has 0 unspecified atom stereocenters. The van der Waals surface area contributed by atoms with Gasteiger partial charge in [0, 0.05) is 23.5 Å². The summed E-state index contributed by atoms with van der Waals surface area (Å²) >= 11 is 6.10. The van der Waals surface area contributed by atoms with E-state index in [1.807, 2.05) is 25.1 Å². The van der Waals surface area contributed by atoms with Gasteiger partial charge in [-0.1, -0.05) is 48.0 Å². The van der Waals surface area contributed by atoms with Crippen molar-refractivity contribution in [3.63, 3.8) is 0 Å². The van der Waals surface area contributed by atoms with Crippen LogP contribution in [0.1, 0.15) is 23.0 Å². The number of amides is 1. The Balaban J connectivity index is 1.96. The molecule has 0 fully saturated rings. The van der Waals surface area contributed by atoms with E-state index in [-0.39, 0.29) is 17.2 Å². The second-order valence-electron chi connectivity index (χ2n) is 5.29. The van der Waals surface area contributed by atoms with Crippen LogP contribution >= 0.6 is 11.6 Å². The van der Waals surface area contributed by atoms with E-state index < -0.39 is 0 Å². The molecular formula is C18H16ClN3O2. The average molecular weight is 342 g/mol. The smallest absolute Gasteiger partial charge is 0.274 e. The van der Waals surface area contributed by atoms with E-state index in [1.54, 1.807) is 30.3 Å². The molecule has 122 valence electrons. The number of hydrogen-bond acceptors (Lipinski definition) is 3. The second kappa shape index (κ2) is 6.84. The van der Waals surface area contributed by atoms with Gasteiger partial charge < -0.3 is 5.32 Å². The topological polar surface area (TPSA) is 64.0 Å². The van der Waals surface area contributed by atoms with Gasteiger partial charge in [0.25, 0.3) is 11.5 Å². The van der Waals surface area contributed by atoms with Gasteiger partial charge in [-0.2, -0.15) is 5.10 Å². The molecule has 0 aliphatic rings. The summed E-state index contributed by atoms with van der Waals surface area (Å²) in [6.07, 6.45) is 0. The minimum absolute atomic E-state index is 0.198. The normalized spacial score (nSPS) is 10.8. The number of halogens is 1. The summed E-state index contributed by atoms with van der Waals surface area (Å²) in [5.41, 5.74) is 0.857. The zero-order valence-corrected chi connectivity index (χ0v) is 13.9. The molecule has 5 nitrogen and oxygen atoms in total. The van der Waals surface area contributed by atoms with Gasteiger partial charge in [0.15, 0.2) is 5.69 Å². The Hall–Kier alpha value is -2.66. The largest absolute Gasteiger partial charge is 0.346 e. The van der Waals surface area contributed by atoms with Crippen molar-refractivity contribution in [3.05, 3.63) is 75.2 Å². The Morgan fingerprint density at radius 1 is 1.12 bits per heavy atom. The molecule has 2 aromatic carbocycles. The molecule has 0 bridgehead atoms. The van der Waals surface area contributed by atoms with Crippen LogP contribution in [-0.4, -0.2) is 15.7 Å². The van der Waals surface area contributed by atoms with Crippen LogP contribution in [0.2, 0.25) is 5.02 Å². The van der Waals surface area contributed by atoms with Crippen molar-refractivity contribution in [3.8, 4) is 0 Å². The fourth-order valence-corrected chi connectivity index (χ4v) is 2.72. The first-order chi connectivity index (χ1) is 11.6. The molecule has 24 heavy (non-hydrogen) atoms. The third-order valence-electron chi connectivity index (χ3n) is 3.78. The lowest BCUT2D eigenvalue weighted by atomic mass is 10.1. The van der Waals surface area contributed by atoms with Crippen LogP contribution in [0.4, 0.5) is 0 Å². The summed E-state index contributed by atoms with van der Waals surface area (Å²) in [5, 5.41) is 8.65. The van der Waals surface area contributed by atoms with E-state index in [1.165, 1.54) is 4.68 Å². The van der Waals surface area contributed by atoms with E-state index >= 15 is 0 Å². The predicted molar refractivity (Wildman–Crippen MR) is 94.3 cm³/mol. The minimum Gasteiger partial charge on any atom is -0.346 e. The third-order valence-corrected chi connectivity index (χ3v) is 4.15. The number of rotatable bonds is 4. The van der Waals surface area contributed by atoms with Crippen molar-refractivity contribution in [2.45, 2.75) is 20.0 Å². The van der Waals surface area contributed by atoms with Crippen molar-refractivity contribution < 1.29 is 4.79 Å². The van der Waals surface area contributed by atoms with E-state index in [9.17, 15) is 9.59 Å². The van der Waals surface area contributed by atoms with Crippen LogP contribution in [0.15, 0.2) is 53.3 Å². The number of aromatic nitrogens is 2. The summed E-state index contributed by atoms with van der Waals surface area (Å²) in [5.74, 6) is -0.340. The summed E-state index contributed by atoms with van der Waals surface area (Å²) in [7, 11) is 0. The molecular weight excluding hydrogens is 326 g/mol. The summed E-state index contributed by atoms with van der Waals surface area (Å²) in [4.78, 5) is 24.9. The minimum atomic E-state index is -0.340. The molecule has 1 aromatic heterocycles. The zero-order valence-electron chi connectivity index (χ0n) is 13.1. The average Bonchev–Trinajstić information content (AvgIpc) is 2.61. The molecule has 0 atom stereocenters. The highest BCUT2D eigenvalue weighted by atomic mass is 35.5. The van der Waals surface area contributed by atoms with Crippen molar-refractivity contribution in [1.82, 2.24) is 15.1 Å². The van der Waals surface area contributed by atoms with Crippen LogP contribution in [-0.2, 0) is 13.1 Å². The molecule has 1 heterocycles. The van der Waals surface area contributed by atoms with Gasteiger partial charge in [-0.15, -0.1) is 0 Å². The van der Waals surface area contributed by atoms with Gasteiger partial charge in [0.05, 0.1) is 5.39 Å². The van der Waals surface area contributed by atoms with Gasteiger partial charge >= 0.3 is 0 Å². The standard InChI is InChI=1S/C18H16ClN3O2/c1-2-22-18(24)14-9-5-4-8-13(14)16(21-22)17(23)20-11-12-7-3-6-10-15(12)19/h3-10H,2,11H2,1H3,(H,20,23). The van der Waals surface area contributed by atoms with Crippen LogP contribution in [0.3, 0.4) is 0 Å². The lowest BCUT2D eigenvalue weighted by Crippen LogP contribution is -2.30. The predicted octanol–water partition coefficient (Wildman–Crippen LogP) is 3.00. The van der Waals surface area contributed by atoms with Crippen molar-refractivity contribution in [1.29, 1.82) is 0 Å². The molecule has 0 saturated carbocycles. The van der Waals surface area contributed by atoms with E-state index in [0.29, 0.717) is 28.9 Å². The first kappa shape index (κ1) is 16.2. The summed E-state index contributed by atoms with van der Waals surface area (Å²) in [6, 6.07) is 14.3. The van der Waals surface area contributed by atoms with Gasteiger partial charge in [-0.3, -0.25) is 9.59 Å².